The number of carbonyl (C=O) groups is 2. The molecule has 2 fully saturated rings. The maximum absolute atomic E-state index is 11.7. The van der Waals surface area contributed by atoms with Crippen molar-refractivity contribution in [3.8, 4) is 0 Å². The molecule has 2 heterocycles. The van der Waals surface area contributed by atoms with E-state index in [2.05, 4.69) is 15.5 Å². The molecular weight excluding hydrogens is 302 g/mol. The van der Waals surface area contributed by atoms with Crippen LogP contribution in [0.4, 0.5) is 0 Å². The highest BCUT2D eigenvalue weighted by Crippen LogP contribution is 2.26. The van der Waals surface area contributed by atoms with E-state index in [4.69, 9.17) is 4.74 Å². The van der Waals surface area contributed by atoms with Crippen molar-refractivity contribution >= 4 is 23.6 Å². The minimum absolute atomic E-state index is 0.362. The third kappa shape index (κ3) is 5.44. The van der Waals surface area contributed by atoms with Gasteiger partial charge in [0, 0.05) is 32.0 Å². The fourth-order valence-corrected chi connectivity index (χ4v) is 4.25. The number of methoxy groups -OCH3 is 1. The molecule has 126 valence electrons. The van der Waals surface area contributed by atoms with E-state index >= 15 is 0 Å². The van der Waals surface area contributed by atoms with Gasteiger partial charge in [-0.3, -0.25) is 14.5 Å². The topological polar surface area (TPSA) is 70.7 Å². The zero-order valence-electron chi connectivity index (χ0n) is 13.3. The molecule has 2 amide bonds. The summed E-state index contributed by atoms with van der Waals surface area (Å²) in [7, 11) is 1.56. The number of hydrogen-bond acceptors (Lipinski definition) is 5. The molecule has 0 radical (unpaired) electrons. The molecule has 2 N–H and O–H groups in total. The summed E-state index contributed by atoms with van der Waals surface area (Å²) in [6, 6.07) is 0.757. The Balaban J connectivity index is 1.59. The number of thioether (sulfide) groups is 1. The van der Waals surface area contributed by atoms with Gasteiger partial charge in [-0.05, 0) is 44.0 Å². The minimum atomic E-state index is -0.572. The van der Waals surface area contributed by atoms with E-state index in [9.17, 15) is 9.59 Å². The number of likely N-dealkylation sites (tertiary alicyclic amines) is 1. The summed E-state index contributed by atoms with van der Waals surface area (Å²) >= 11 is 2.05. The second-order valence-electron chi connectivity index (χ2n) is 5.96. The normalized spacial score (nSPS) is 23.4. The Bertz CT molecular complexity index is 367. The number of ether oxygens (including phenoxy) is 1. The summed E-state index contributed by atoms with van der Waals surface area (Å²) in [4.78, 5) is 25.8. The van der Waals surface area contributed by atoms with Crippen LogP contribution in [0.1, 0.15) is 19.3 Å². The number of hydrogen-bond donors (Lipinski definition) is 2. The van der Waals surface area contributed by atoms with Crippen LogP contribution in [0.3, 0.4) is 0 Å². The second-order valence-corrected chi connectivity index (χ2v) is 7.11. The molecule has 2 saturated heterocycles. The van der Waals surface area contributed by atoms with Crippen LogP contribution in [-0.4, -0.2) is 74.2 Å². The third-order valence-corrected chi connectivity index (χ3v) is 5.57. The molecule has 0 aromatic heterocycles. The Labute approximate surface area is 136 Å². The van der Waals surface area contributed by atoms with E-state index in [-0.39, 0.29) is 0 Å². The molecule has 2 rings (SSSR count). The summed E-state index contributed by atoms with van der Waals surface area (Å²) in [5, 5.41) is 5.28. The predicted molar refractivity (Wildman–Crippen MR) is 87.9 cm³/mol. The molecule has 0 bridgehead atoms. The van der Waals surface area contributed by atoms with Gasteiger partial charge in [-0.25, -0.2) is 0 Å². The average molecular weight is 329 g/mol. The maximum atomic E-state index is 11.7. The first-order valence-corrected chi connectivity index (χ1v) is 9.23. The highest BCUT2D eigenvalue weighted by molar-refractivity contribution is 7.99. The first-order chi connectivity index (χ1) is 10.7. The van der Waals surface area contributed by atoms with Crippen LogP contribution in [0.25, 0.3) is 0 Å². The van der Waals surface area contributed by atoms with Crippen molar-refractivity contribution in [3.63, 3.8) is 0 Å². The summed E-state index contributed by atoms with van der Waals surface area (Å²) in [5.41, 5.74) is 0. The molecule has 7 heteroatoms. The first kappa shape index (κ1) is 17.6. The molecule has 2 aliphatic rings. The highest BCUT2D eigenvalue weighted by atomic mass is 32.2. The molecule has 0 saturated carbocycles. The van der Waals surface area contributed by atoms with Gasteiger partial charge in [0.05, 0.1) is 6.61 Å². The SMILES string of the molecule is COCCNC(=O)C(=O)NCC1CCN(C2CCSC2)CC1. The zero-order chi connectivity index (χ0) is 15.8. The zero-order valence-corrected chi connectivity index (χ0v) is 14.1. The lowest BCUT2D eigenvalue weighted by molar-refractivity contribution is -0.139. The maximum Gasteiger partial charge on any atom is 0.309 e. The summed E-state index contributed by atoms with van der Waals surface area (Å²) in [6.07, 6.45) is 3.52. The van der Waals surface area contributed by atoms with Gasteiger partial charge in [0.15, 0.2) is 0 Å². The number of nitrogens with one attached hydrogen (secondary N) is 2. The largest absolute Gasteiger partial charge is 0.383 e. The molecule has 2 aliphatic heterocycles. The van der Waals surface area contributed by atoms with E-state index in [0.29, 0.717) is 25.6 Å². The molecule has 1 unspecified atom stereocenters. The van der Waals surface area contributed by atoms with E-state index in [0.717, 1.165) is 32.0 Å². The molecule has 0 aromatic carbocycles. The smallest absolute Gasteiger partial charge is 0.309 e. The standard InChI is InChI=1S/C15H27N3O3S/c1-21-8-5-16-14(19)15(20)17-10-12-2-6-18(7-3-12)13-4-9-22-11-13/h12-13H,2-11H2,1H3,(H,16,19)(H,17,20). The molecule has 6 nitrogen and oxygen atoms in total. The predicted octanol–water partition coefficient (Wildman–Crippen LogP) is 0.0827. The van der Waals surface area contributed by atoms with Gasteiger partial charge in [-0.1, -0.05) is 0 Å². The highest BCUT2D eigenvalue weighted by Gasteiger charge is 2.27. The Morgan fingerprint density at radius 1 is 1.18 bits per heavy atom. The van der Waals surface area contributed by atoms with Crippen molar-refractivity contribution in [1.29, 1.82) is 0 Å². The van der Waals surface area contributed by atoms with Gasteiger partial charge in [-0.2, -0.15) is 11.8 Å². The molecule has 1 atom stereocenters. The van der Waals surface area contributed by atoms with Crippen molar-refractivity contribution in [2.45, 2.75) is 25.3 Å². The van der Waals surface area contributed by atoms with Crippen LogP contribution in [-0.2, 0) is 14.3 Å². The van der Waals surface area contributed by atoms with Gasteiger partial charge in [0.1, 0.15) is 0 Å². The second kappa shape index (κ2) is 9.37. The average Bonchev–Trinajstić information content (AvgIpc) is 3.07. The first-order valence-electron chi connectivity index (χ1n) is 8.07. The van der Waals surface area contributed by atoms with Crippen molar-refractivity contribution in [2.75, 3.05) is 51.4 Å². The van der Waals surface area contributed by atoms with E-state index in [1.807, 2.05) is 11.8 Å². The van der Waals surface area contributed by atoms with Crippen LogP contribution in [0, 0.1) is 5.92 Å². The van der Waals surface area contributed by atoms with E-state index < -0.39 is 11.8 Å². The van der Waals surface area contributed by atoms with E-state index in [1.54, 1.807) is 7.11 Å². The summed E-state index contributed by atoms with van der Waals surface area (Å²) in [5.74, 6) is 1.94. The van der Waals surface area contributed by atoms with Gasteiger partial charge in [0.2, 0.25) is 0 Å². The minimum Gasteiger partial charge on any atom is -0.383 e. The lowest BCUT2D eigenvalue weighted by atomic mass is 9.95. The Kier molecular flexibility index (Phi) is 7.48. The van der Waals surface area contributed by atoms with Crippen molar-refractivity contribution in [2.24, 2.45) is 5.92 Å². The van der Waals surface area contributed by atoms with Crippen LogP contribution in [0.2, 0.25) is 0 Å². The number of carbonyl (C=O) groups excluding carboxylic acids is 2. The van der Waals surface area contributed by atoms with Crippen LogP contribution in [0.15, 0.2) is 0 Å². The lowest BCUT2D eigenvalue weighted by Crippen LogP contribution is -2.46. The Morgan fingerprint density at radius 3 is 2.55 bits per heavy atom. The summed E-state index contributed by atoms with van der Waals surface area (Å²) in [6.45, 7) is 3.61. The van der Waals surface area contributed by atoms with Crippen LogP contribution < -0.4 is 10.6 Å². The van der Waals surface area contributed by atoms with Gasteiger partial charge >= 0.3 is 11.8 Å². The summed E-state index contributed by atoms with van der Waals surface area (Å²) < 4.78 is 4.83. The van der Waals surface area contributed by atoms with Crippen molar-refractivity contribution < 1.29 is 14.3 Å². The van der Waals surface area contributed by atoms with Crippen LogP contribution >= 0.6 is 11.8 Å². The quantitative estimate of drug-likeness (QED) is 0.534. The lowest BCUT2D eigenvalue weighted by Gasteiger charge is -2.35. The monoisotopic (exact) mass is 329 g/mol. The molecular formula is C15H27N3O3S. The molecule has 0 spiro atoms. The van der Waals surface area contributed by atoms with Crippen molar-refractivity contribution in [3.05, 3.63) is 0 Å². The fourth-order valence-electron chi connectivity index (χ4n) is 3.00. The fraction of sp³-hybridized carbons (Fsp3) is 0.867. The number of amides is 2. The number of rotatable bonds is 6. The van der Waals surface area contributed by atoms with E-state index in [1.165, 1.54) is 17.9 Å². The Hall–Kier alpha value is -0.790. The molecule has 22 heavy (non-hydrogen) atoms. The van der Waals surface area contributed by atoms with Gasteiger partial charge in [0.25, 0.3) is 0 Å². The Morgan fingerprint density at radius 2 is 1.91 bits per heavy atom. The molecule has 0 aliphatic carbocycles. The number of piperidine rings is 1. The van der Waals surface area contributed by atoms with Gasteiger partial charge < -0.3 is 15.4 Å². The van der Waals surface area contributed by atoms with Crippen molar-refractivity contribution in [1.82, 2.24) is 15.5 Å². The van der Waals surface area contributed by atoms with Crippen LogP contribution in [0.5, 0.6) is 0 Å². The molecule has 0 aromatic rings. The van der Waals surface area contributed by atoms with Gasteiger partial charge in [-0.15, -0.1) is 0 Å². The third-order valence-electron chi connectivity index (χ3n) is 4.42. The number of nitrogens with zero attached hydrogens (tertiary/aromatic N) is 1.